The van der Waals surface area contributed by atoms with Gasteiger partial charge in [-0.05, 0) is 30.4 Å². The summed E-state index contributed by atoms with van der Waals surface area (Å²) in [5.74, 6) is 0. The average molecular weight is 168 g/mol. The Kier molecular flexibility index (Phi) is 2.58. The Morgan fingerprint density at radius 3 is 2.67 bits per heavy atom. The highest BCUT2D eigenvalue weighted by atomic mass is 16.3. The summed E-state index contributed by atoms with van der Waals surface area (Å²) in [6.45, 7) is 6.01. The van der Waals surface area contributed by atoms with E-state index in [9.17, 15) is 5.11 Å². The standard InChI is InChI=1S/C10H16O2/c1-8(11)6-10(2,3)9-4-5-12-7-9/h4-5,7-8,11H,6H2,1-3H3. The molecule has 1 heterocycles. The third-order valence-corrected chi connectivity index (χ3v) is 2.11. The number of hydrogen-bond donors (Lipinski definition) is 1. The molecule has 1 aromatic heterocycles. The molecule has 0 aliphatic carbocycles. The van der Waals surface area contributed by atoms with Gasteiger partial charge in [0.25, 0.3) is 0 Å². The third kappa shape index (κ3) is 2.11. The van der Waals surface area contributed by atoms with E-state index in [-0.39, 0.29) is 11.5 Å². The van der Waals surface area contributed by atoms with Crippen molar-refractivity contribution in [2.24, 2.45) is 0 Å². The van der Waals surface area contributed by atoms with Crippen molar-refractivity contribution >= 4 is 0 Å². The molecule has 1 N–H and O–H groups in total. The van der Waals surface area contributed by atoms with Crippen molar-refractivity contribution in [2.45, 2.75) is 38.7 Å². The monoisotopic (exact) mass is 168 g/mol. The number of aliphatic hydroxyl groups is 1. The lowest BCUT2D eigenvalue weighted by Crippen LogP contribution is -2.22. The smallest absolute Gasteiger partial charge is 0.0939 e. The van der Waals surface area contributed by atoms with Gasteiger partial charge in [-0.2, -0.15) is 0 Å². The van der Waals surface area contributed by atoms with Crippen LogP contribution >= 0.6 is 0 Å². The Balaban J connectivity index is 2.72. The van der Waals surface area contributed by atoms with E-state index in [1.807, 2.05) is 13.0 Å². The second-order valence-corrected chi connectivity index (χ2v) is 3.95. The maximum atomic E-state index is 9.26. The molecule has 2 heteroatoms. The molecule has 2 nitrogen and oxygen atoms in total. The second kappa shape index (κ2) is 3.31. The lowest BCUT2D eigenvalue weighted by Gasteiger charge is -2.24. The van der Waals surface area contributed by atoms with Crippen LogP contribution in [0.3, 0.4) is 0 Å². The molecule has 0 amide bonds. The van der Waals surface area contributed by atoms with E-state index < -0.39 is 0 Å². The first kappa shape index (κ1) is 9.33. The molecule has 1 unspecified atom stereocenters. The summed E-state index contributed by atoms with van der Waals surface area (Å²) < 4.78 is 5.00. The molecule has 0 aromatic carbocycles. The van der Waals surface area contributed by atoms with E-state index in [1.54, 1.807) is 12.5 Å². The quantitative estimate of drug-likeness (QED) is 0.751. The number of furan rings is 1. The van der Waals surface area contributed by atoms with Gasteiger partial charge in [0.15, 0.2) is 0 Å². The van der Waals surface area contributed by atoms with E-state index in [0.29, 0.717) is 0 Å². The number of rotatable bonds is 3. The van der Waals surface area contributed by atoms with Gasteiger partial charge < -0.3 is 9.52 Å². The fraction of sp³-hybridized carbons (Fsp3) is 0.600. The first-order valence-corrected chi connectivity index (χ1v) is 4.23. The van der Waals surface area contributed by atoms with Crippen molar-refractivity contribution in [1.29, 1.82) is 0 Å². The molecule has 0 aliphatic rings. The van der Waals surface area contributed by atoms with Crippen molar-refractivity contribution in [3.8, 4) is 0 Å². The predicted octanol–water partition coefficient (Wildman–Crippen LogP) is 2.33. The van der Waals surface area contributed by atoms with Gasteiger partial charge in [0, 0.05) is 0 Å². The van der Waals surface area contributed by atoms with Crippen molar-refractivity contribution in [2.75, 3.05) is 0 Å². The molecular weight excluding hydrogens is 152 g/mol. The van der Waals surface area contributed by atoms with Crippen LogP contribution in [0.25, 0.3) is 0 Å². The molecular formula is C10H16O2. The van der Waals surface area contributed by atoms with Crippen LogP contribution < -0.4 is 0 Å². The molecule has 0 spiro atoms. The highest BCUT2D eigenvalue weighted by Crippen LogP contribution is 2.28. The van der Waals surface area contributed by atoms with Crippen LogP contribution in [0, 0.1) is 0 Å². The van der Waals surface area contributed by atoms with Gasteiger partial charge in [0.2, 0.25) is 0 Å². The Labute approximate surface area is 73.2 Å². The molecule has 0 saturated carbocycles. The van der Waals surface area contributed by atoms with Crippen molar-refractivity contribution in [3.63, 3.8) is 0 Å². The SMILES string of the molecule is CC(O)CC(C)(C)c1ccoc1. The summed E-state index contributed by atoms with van der Waals surface area (Å²) >= 11 is 0. The van der Waals surface area contributed by atoms with Gasteiger partial charge >= 0.3 is 0 Å². The fourth-order valence-corrected chi connectivity index (χ4v) is 1.51. The fourth-order valence-electron chi connectivity index (χ4n) is 1.51. The zero-order chi connectivity index (χ0) is 9.19. The third-order valence-electron chi connectivity index (χ3n) is 2.11. The summed E-state index contributed by atoms with van der Waals surface area (Å²) in [5.41, 5.74) is 1.14. The molecule has 12 heavy (non-hydrogen) atoms. The van der Waals surface area contributed by atoms with Crippen LogP contribution in [-0.4, -0.2) is 11.2 Å². The van der Waals surface area contributed by atoms with Crippen LogP contribution in [0.2, 0.25) is 0 Å². The zero-order valence-corrected chi connectivity index (χ0v) is 7.87. The number of aliphatic hydroxyl groups excluding tert-OH is 1. The van der Waals surface area contributed by atoms with Crippen molar-refractivity contribution in [3.05, 3.63) is 24.2 Å². The second-order valence-electron chi connectivity index (χ2n) is 3.95. The molecule has 1 rings (SSSR count). The van der Waals surface area contributed by atoms with Crippen LogP contribution in [0.1, 0.15) is 32.8 Å². The number of hydrogen-bond acceptors (Lipinski definition) is 2. The summed E-state index contributed by atoms with van der Waals surface area (Å²) in [7, 11) is 0. The summed E-state index contributed by atoms with van der Waals surface area (Å²) in [5, 5.41) is 9.26. The summed E-state index contributed by atoms with van der Waals surface area (Å²) in [6, 6.07) is 1.95. The molecule has 0 fully saturated rings. The lowest BCUT2D eigenvalue weighted by atomic mass is 9.81. The highest BCUT2D eigenvalue weighted by Gasteiger charge is 2.23. The van der Waals surface area contributed by atoms with E-state index in [1.165, 1.54) is 0 Å². The molecule has 68 valence electrons. The molecule has 0 aliphatic heterocycles. The average Bonchev–Trinajstić information content (AvgIpc) is 2.32. The minimum atomic E-state index is -0.269. The maximum Gasteiger partial charge on any atom is 0.0939 e. The largest absolute Gasteiger partial charge is 0.472 e. The summed E-state index contributed by atoms with van der Waals surface area (Å²) in [4.78, 5) is 0. The van der Waals surface area contributed by atoms with Gasteiger partial charge in [0.1, 0.15) is 0 Å². The predicted molar refractivity (Wildman–Crippen MR) is 48.0 cm³/mol. The van der Waals surface area contributed by atoms with Gasteiger partial charge in [-0.25, -0.2) is 0 Å². The van der Waals surface area contributed by atoms with Crippen molar-refractivity contribution in [1.82, 2.24) is 0 Å². The van der Waals surface area contributed by atoms with Crippen LogP contribution in [0.4, 0.5) is 0 Å². The van der Waals surface area contributed by atoms with E-state index in [2.05, 4.69) is 13.8 Å². The van der Waals surface area contributed by atoms with E-state index in [0.717, 1.165) is 12.0 Å². The van der Waals surface area contributed by atoms with E-state index in [4.69, 9.17) is 4.42 Å². The van der Waals surface area contributed by atoms with Gasteiger partial charge in [-0.1, -0.05) is 13.8 Å². The molecule has 0 radical (unpaired) electrons. The minimum Gasteiger partial charge on any atom is -0.472 e. The zero-order valence-electron chi connectivity index (χ0n) is 7.87. The Hall–Kier alpha value is -0.760. The van der Waals surface area contributed by atoms with Gasteiger partial charge in [-0.3, -0.25) is 0 Å². The van der Waals surface area contributed by atoms with Crippen LogP contribution in [0.15, 0.2) is 23.0 Å². The van der Waals surface area contributed by atoms with E-state index >= 15 is 0 Å². The minimum absolute atomic E-state index is 0.00116. The Morgan fingerprint density at radius 2 is 2.25 bits per heavy atom. The first-order chi connectivity index (χ1) is 5.52. The summed E-state index contributed by atoms with van der Waals surface area (Å²) in [6.07, 6.45) is 3.89. The normalized spacial score (nSPS) is 14.7. The maximum absolute atomic E-state index is 9.26. The van der Waals surface area contributed by atoms with Gasteiger partial charge in [0.05, 0.1) is 18.6 Å². The lowest BCUT2D eigenvalue weighted by molar-refractivity contribution is 0.156. The topological polar surface area (TPSA) is 33.4 Å². The first-order valence-electron chi connectivity index (χ1n) is 4.23. The Bertz CT molecular complexity index is 222. The van der Waals surface area contributed by atoms with Crippen LogP contribution in [-0.2, 0) is 5.41 Å². The highest BCUT2D eigenvalue weighted by molar-refractivity contribution is 5.17. The van der Waals surface area contributed by atoms with Crippen molar-refractivity contribution < 1.29 is 9.52 Å². The molecule has 1 atom stereocenters. The van der Waals surface area contributed by atoms with Gasteiger partial charge in [-0.15, -0.1) is 0 Å². The van der Waals surface area contributed by atoms with Crippen LogP contribution in [0.5, 0.6) is 0 Å². The molecule has 0 bridgehead atoms. The molecule has 0 saturated heterocycles. The Morgan fingerprint density at radius 1 is 1.58 bits per heavy atom. The molecule has 1 aromatic rings.